The zero-order chi connectivity index (χ0) is 15.0. The molecule has 0 bridgehead atoms. The Morgan fingerprint density at radius 1 is 1.19 bits per heavy atom. The number of halogens is 2. The lowest BCUT2D eigenvalue weighted by atomic mass is 10.2. The maximum atomic E-state index is 6.08. The van der Waals surface area contributed by atoms with Crippen molar-refractivity contribution < 1.29 is 4.74 Å². The van der Waals surface area contributed by atoms with E-state index >= 15 is 0 Å². The van der Waals surface area contributed by atoms with Crippen LogP contribution in [-0.4, -0.2) is 11.6 Å². The van der Waals surface area contributed by atoms with E-state index in [0.717, 1.165) is 26.5 Å². The SMILES string of the molecule is CCOc1ccc2nc(-c3cc(Cl)c(N)c(Cl)c3)sc2c1. The summed E-state index contributed by atoms with van der Waals surface area (Å²) in [6, 6.07) is 9.41. The molecule has 0 amide bonds. The Labute approximate surface area is 136 Å². The Morgan fingerprint density at radius 2 is 1.90 bits per heavy atom. The van der Waals surface area contributed by atoms with Crippen LogP contribution in [0, 0.1) is 0 Å². The van der Waals surface area contributed by atoms with E-state index in [1.165, 1.54) is 0 Å². The van der Waals surface area contributed by atoms with Crippen molar-refractivity contribution >= 4 is 50.4 Å². The van der Waals surface area contributed by atoms with Gasteiger partial charge < -0.3 is 10.5 Å². The van der Waals surface area contributed by atoms with Gasteiger partial charge in [-0.05, 0) is 37.3 Å². The van der Waals surface area contributed by atoms with Gasteiger partial charge in [0.1, 0.15) is 10.8 Å². The molecule has 1 aromatic heterocycles. The number of anilines is 1. The number of nitrogens with zero attached hydrogens (tertiary/aromatic N) is 1. The van der Waals surface area contributed by atoms with E-state index < -0.39 is 0 Å². The molecular weight excluding hydrogens is 327 g/mol. The highest BCUT2D eigenvalue weighted by molar-refractivity contribution is 7.21. The quantitative estimate of drug-likeness (QED) is 0.663. The predicted octanol–water partition coefficient (Wildman–Crippen LogP) is 5.25. The van der Waals surface area contributed by atoms with Gasteiger partial charge in [0, 0.05) is 5.56 Å². The standard InChI is InChI=1S/C15H12Cl2N2OS/c1-2-20-9-3-4-12-13(7-9)21-15(19-12)8-5-10(16)14(18)11(17)6-8/h3-7H,2,18H2,1H3. The summed E-state index contributed by atoms with van der Waals surface area (Å²) in [4.78, 5) is 4.60. The van der Waals surface area contributed by atoms with Crippen LogP contribution < -0.4 is 10.5 Å². The molecule has 0 unspecified atom stereocenters. The highest BCUT2D eigenvalue weighted by atomic mass is 35.5. The largest absolute Gasteiger partial charge is 0.494 e. The Hall–Kier alpha value is -1.49. The number of aromatic nitrogens is 1. The minimum absolute atomic E-state index is 0.391. The molecular formula is C15H12Cl2N2OS. The van der Waals surface area contributed by atoms with E-state index in [1.54, 1.807) is 23.5 Å². The van der Waals surface area contributed by atoms with E-state index in [1.807, 2.05) is 25.1 Å². The summed E-state index contributed by atoms with van der Waals surface area (Å²) < 4.78 is 6.56. The van der Waals surface area contributed by atoms with Crippen molar-refractivity contribution in [2.75, 3.05) is 12.3 Å². The monoisotopic (exact) mass is 338 g/mol. The first-order valence-corrected chi connectivity index (χ1v) is 7.94. The average molecular weight is 339 g/mol. The van der Waals surface area contributed by atoms with Gasteiger partial charge in [-0.3, -0.25) is 0 Å². The third-order valence-electron chi connectivity index (χ3n) is 3.00. The maximum absolute atomic E-state index is 6.08. The van der Waals surface area contributed by atoms with Crippen LogP contribution in [0.15, 0.2) is 30.3 Å². The third kappa shape index (κ3) is 2.79. The van der Waals surface area contributed by atoms with Gasteiger partial charge in [-0.2, -0.15) is 0 Å². The molecule has 0 atom stereocenters. The molecule has 0 radical (unpaired) electrons. The van der Waals surface area contributed by atoms with Crippen molar-refractivity contribution in [1.29, 1.82) is 0 Å². The van der Waals surface area contributed by atoms with E-state index in [9.17, 15) is 0 Å². The summed E-state index contributed by atoms with van der Waals surface area (Å²) in [7, 11) is 0. The summed E-state index contributed by atoms with van der Waals surface area (Å²) in [6.07, 6.45) is 0. The molecule has 2 N–H and O–H groups in total. The first-order chi connectivity index (χ1) is 10.1. The molecule has 21 heavy (non-hydrogen) atoms. The normalized spacial score (nSPS) is 11.0. The van der Waals surface area contributed by atoms with Crippen LogP contribution in [0.2, 0.25) is 10.0 Å². The molecule has 0 aliphatic carbocycles. The molecule has 1 heterocycles. The third-order valence-corrected chi connectivity index (χ3v) is 4.69. The fraction of sp³-hybridized carbons (Fsp3) is 0.133. The van der Waals surface area contributed by atoms with Gasteiger partial charge >= 0.3 is 0 Å². The number of ether oxygens (including phenoxy) is 1. The molecule has 0 saturated heterocycles. The summed E-state index contributed by atoms with van der Waals surface area (Å²) in [6.45, 7) is 2.60. The van der Waals surface area contributed by atoms with Crippen molar-refractivity contribution in [3.8, 4) is 16.3 Å². The topological polar surface area (TPSA) is 48.1 Å². The molecule has 0 aliphatic rings. The highest BCUT2D eigenvalue weighted by Crippen LogP contribution is 2.37. The van der Waals surface area contributed by atoms with Gasteiger partial charge in [0.2, 0.25) is 0 Å². The minimum atomic E-state index is 0.391. The van der Waals surface area contributed by atoms with Crippen molar-refractivity contribution in [2.45, 2.75) is 6.92 Å². The van der Waals surface area contributed by atoms with Gasteiger partial charge in [0.25, 0.3) is 0 Å². The Morgan fingerprint density at radius 3 is 2.57 bits per heavy atom. The van der Waals surface area contributed by atoms with Crippen molar-refractivity contribution in [1.82, 2.24) is 4.98 Å². The fourth-order valence-electron chi connectivity index (χ4n) is 1.99. The zero-order valence-electron chi connectivity index (χ0n) is 11.2. The number of nitrogens with two attached hydrogens (primary N) is 1. The number of hydrogen-bond donors (Lipinski definition) is 1. The van der Waals surface area contributed by atoms with Crippen LogP contribution in [0.1, 0.15) is 6.92 Å². The average Bonchev–Trinajstić information content (AvgIpc) is 2.87. The zero-order valence-corrected chi connectivity index (χ0v) is 13.5. The molecule has 6 heteroatoms. The molecule has 0 saturated carbocycles. The minimum Gasteiger partial charge on any atom is -0.494 e. The van der Waals surface area contributed by atoms with Crippen molar-refractivity contribution in [3.63, 3.8) is 0 Å². The second-order valence-corrected chi connectivity index (χ2v) is 6.28. The molecule has 108 valence electrons. The number of hydrogen-bond acceptors (Lipinski definition) is 4. The number of fused-ring (bicyclic) bond motifs is 1. The number of rotatable bonds is 3. The Kier molecular flexibility index (Phi) is 3.93. The molecule has 2 aromatic carbocycles. The Balaban J connectivity index is 2.08. The van der Waals surface area contributed by atoms with Crippen molar-refractivity contribution in [3.05, 3.63) is 40.4 Å². The van der Waals surface area contributed by atoms with Crippen LogP contribution >= 0.6 is 34.5 Å². The van der Waals surface area contributed by atoms with Crippen LogP contribution in [0.25, 0.3) is 20.8 Å². The highest BCUT2D eigenvalue weighted by Gasteiger charge is 2.11. The lowest BCUT2D eigenvalue weighted by Gasteiger charge is -2.03. The first-order valence-electron chi connectivity index (χ1n) is 6.36. The van der Waals surface area contributed by atoms with Crippen molar-refractivity contribution in [2.24, 2.45) is 0 Å². The maximum Gasteiger partial charge on any atom is 0.124 e. The Bertz CT molecular complexity index is 794. The van der Waals surface area contributed by atoms with E-state index in [-0.39, 0.29) is 0 Å². The van der Waals surface area contributed by atoms with Gasteiger partial charge in [0.05, 0.1) is 32.6 Å². The molecule has 3 nitrogen and oxygen atoms in total. The van der Waals surface area contributed by atoms with Crippen LogP contribution in [-0.2, 0) is 0 Å². The van der Waals surface area contributed by atoms with Crippen LogP contribution in [0.4, 0.5) is 5.69 Å². The molecule has 0 fully saturated rings. The van der Waals surface area contributed by atoms with Gasteiger partial charge in [-0.1, -0.05) is 23.2 Å². The second kappa shape index (κ2) is 5.72. The van der Waals surface area contributed by atoms with E-state index in [4.69, 9.17) is 33.7 Å². The molecule has 3 aromatic rings. The summed E-state index contributed by atoms with van der Waals surface area (Å²) in [5, 5.41) is 1.72. The van der Waals surface area contributed by atoms with Gasteiger partial charge in [-0.25, -0.2) is 4.98 Å². The summed E-state index contributed by atoms with van der Waals surface area (Å²) >= 11 is 13.7. The predicted molar refractivity (Wildman–Crippen MR) is 90.7 cm³/mol. The van der Waals surface area contributed by atoms with Crippen LogP contribution in [0.3, 0.4) is 0 Å². The molecule has 0 aliphatic heterocycles. The van der Waals surface area contributed by atoms with Gasteiger partial charge in [0.15, 0.2) is 0 Å². The summed E-state index contributed by atoms with van der Waals surface area (Å²) in [5.74, 6) is 0.841. The summed E-state index contributed by atoms with van der Waals surface area (Å²) in [5.41, 5.74) is 7.93. The number of benzene rings is 2. The lowest BCUT2D eigenvalue weighted by Crippen LogP contribution is -1.90. The lowest BCUT2D eigenvalue weighted by molar-refractivity contribution is 0.341. The first kappa shape index (κ1) is 14.4. The molecule has 3 rings (SSSR count). The van der Waals surface area contributed by atoms with E-state index in [0.29, 0.717) is 22.3 Å². The van der Waals surface area contributed by atoms with Gasteiger partial charge in [-0.15, -0.1) is 11.3 Å². The van der Waals surface area contributed by atoms with E-state index in [2.05, 4.69) is 4.98 Å². The molecule has 0 spiro atoms. The number of thiazole rings is 1. The van der Waals surface area contributed by atoms with Crippen LogP contribution in [0.5, 0.6) is 5.75 Å². The number of nitrogen functional groups attached to an aromatic ring is 1. The fourth-order valence-corrected chi connectivity index (χ4v) is 3.46. The smallest absolute Gasteiger partial charge is 0.124 e. The second-order valence-electron chi connectivity index (χ2n) is 4.44.